The van der Waals surface area contributed by atoms with Crippen molar-refractivity contribution in [3.05, 3.63) is 35.9 Å². The fourth-order valence-electron chi connectivity index (χ4n) is 1.65. The van der Waals surface area contributed by atoms with Gasteiger partial charge in [0.2, 0.25) is 0 Å². The largest absolute Gasteiger partial charge is 0.459 e. The molecular weight excluding hydrogens is 215 g/mol. The zero-order chi connectivity index (χ0) is 13.3. The van der Waals surface area contributed by atoms with Gasteiger partial charge < -0.3 is 4.74 Å². The summed E-state index contributed by atoms with van der Waals surface area (Å²) in [5, 5.41) is 0. The zero-order valence-corrected chi connectivity index (χ0v) is 10.1. The number of para-hydroxylation sites is 1. The molecule has 78 valence electrons. The molecule has 0 atom stereocenters. The Labute approximate surface area is 113 Å². The predicted molar refractivity (Wildman–Crippen MR) is 79.2 cm³/mol. The van der Waals surface area contributed by atoms with Crippen molar-refractivity contribution in [3.63, 3.8) is 0 Å². The van der Waals surface area contributed by atoms with E-state index in [2.05, 4.69) is 0 Å². The molecule has 0 heterocycles. The van der Waals surface area contributed by atoms with Crippen LogP contribution >= 0.6 is 0 Å². The van der Waals surface area contributed by atoms with Gasteiger partial charge in [-0.1, -0.05) is 34.7 Å². The van der Waals surface area contributed by atoms with E-state index in [-0.39, 0.29) is 5.46 Å². The number of rotatable bonds is 2. The van der Waals surface area contributed by atoms with Gasteiger partial charge in [-0.05, 0) is 19.1 Å². The van der Waals surface area contributed by atoms with Gasteiger partial charge in [0.25, 0.3) is 0 Å². The Hall–Kier alpha value is -1.50. The molecule has 0 spiro atoms. The third kappa shape index (κ3) is 2.22. The number of hydrogen-bond acceptors (Lipinski definition) is 1. The van der Waals surface area contributed by atoms with Gasteiger partial charge in [0.1, 0.15) is 42.9 Å². The number of hydrogen-bond donors (Lipinski definition) is 0. The third-order valence-electron chi connectivity index (χ3n) is 2.84. The highest BCUT2D eigenvalue weighted by Gasteiger charge is 2.12. The van der Waals surface area contributed by atoms with Crippen LogP contribution < -0.4 is 26.6 Å². The Kier molecular flexibility index (Phi) is 3.60. The van der Waals surface area contributed by atoms with Crippen LogP contribution in [0.5, 0.6) is 11.5 Å². The van der Waals surface area contributed by atoms with E-state index in [4.69, 9.17) is 36.1 Å². The highest BCUT2D eigenvalue weighted by Crippen LogP contribution is 2.16. The second kappa shape index (κ2) is 5.01. The van der Waals surface area contributed by atoms with Crippen molar-refractivity contribution >= 4 is 53.2 Å². The Morgan fingerprint density at radius 2 is 1.39 bits per heavy atom. The molecule has 0 N–H and O–H groups in total. The van der Waals surface area contributed by atoms with Crippen LogP contribution in [0.3, 0.4) is 0 Å². The van der Waals surface area contributed by atoms with E-state index >= 15 is 0 Å². The summed E-state index contributed by atoms with van der Waals surface area (Å²) in [7, 11) is 23.5. The van der Waals surface area contributed by atoms with Crippen LogP contribution in [0, 0.1) is 6.92 Å². The standard InChI is InChI=1S/C13H8B4O/c1-7-9(14)11(16)12(17)13(10(7)15)18-8-5-3-2-4-6-8/h2-6H,1H3. The van der Waals surface area contributed by atoms with Gasteiger partial charge in [0, 0.05) is 0 Å². The maximum Gasteiger partial charge on any atom is 0.127 e. The van der Waals surface area contributed by atoms with Crippen LogP contribution in [0.2, 0.25) is 0 Å². The fourth-order valence-corrected chi connectivity index (χ4v) is 1.65. The Morgan fingerprint density at radius 1 is 0.778 bits per heavy atom. The first-order chi connectivity index (χ1) is 8.52. The van der Waals surface area contributed by atoms with E-state index in [1.807, 2.05) is 18.2 Å². The summed E-state index contributed by atoms with van der Waals surface area (Å²) in [5.74, 6) is 0.991. The molecule has 2 rings (SSSR count). The van der Waals surface area contributed by atoms with Crippen LogP contribution in [-0.2, 0) is 0 Å². The highest BCUT2D eigenvalue weighted by molar-refractivity contribution is 6.60. The molecule has 0 saturated carbocycles. The van der Waals surface area contributed by atoms with Crippen molar-refractivity contribution in [3.8, 4) is 11.5 Å². The van der Waals surface area contributed by atoms with Crippen LogP contribution in [0.15, 0.2) is 30.3 Å². The predicted octanol–water partition coefficient (Wildman–Crippen LogP) is -1.04. The molecule has 1 nitrogen and oxygen atoms in total. The SMILES string of the molecule is [B]c1c([B])c(C)c([B])c(Oc2ccccc2)c1[B]. The van der Waals surface area contributed by atoms with Gasteiger partial charge in [0.15, 0.2) is 0 Å². The monoisotopic (exact) mass is 224 g/mol. The summed E-state index contributed by atoms with van der Waals surface area (Å²) in [6.07, 6.45) is 0. The molecule has 0 fully saturated rings. The molecule has 2 aromatic rings. The van der Waals surface area contributed by atoms with Crippen molar-refractivity contribution in [2.24, 2.45) is 0 Å². The van der Waals surface area contributed by atoms with Gasteiger partial charge in [-0.25, -0.2) is 0 Å². The van der Waals surface area contributed by atoms with Crippen LogP contribution in [-0.4, -0.2) is 31.4 Å². The molecule has 8 radical (unpaired) electrons. The summed E-state index contributed by atoms with van der Waals surface area (Å²) >= 11 is 0. The zero-order valence-electron chi connectivity index (χ0n) is 10.1. The Bertz CT molecular complexity index is 552. The molecule has 0 unspecified atom stereocenters. The molecule has 0 aliphatic carbocycles. The molecule has 0 aliphatic rings. The Balaban J connectivity index is 2.52. The first-order valence-corrected chi connectivity index (χ1v) is 5.47. The van der Waals surface area contributed by atoms with Crippen molar-refractivity contribution < 1.29 is 4.74 Å². The van der Waals surface area contributed by atoms with Crippen molar-refractivity contribution in [1.29, 1.82) is 0 Å². The summed E-state index contributed by atoms with van der Waals surface area (Å²) < 4.78 is 5.67. The molecule has 0 bridgehead atoms. The summed E-state index contributed by atoms with van der Waals surface area (Å²) in [5.41, 5.74) is 2.04. The average molecular weight is 223 g/mol. The molecule has 5 heteroatoms. The summed E-state index contributed by atoms with van der Waals surface area (Å²) in [6.45, 7) is 1.78. The van der Waals surface area contributed by atoms with Crippen LogP contribution in [0.1, 0.15) is 5.56 Å². The smallest absolute Gasteiger partial charge is 0.127 e. The first-order valence-electron chi connectivity index (χ1n) is 5.47. The van der Waals surface area contributed by atoms with Crippen molar-refractivity contribution in [1.82, 2.24) is 0 Å². The fraction of sp³-hybridized carbons (Fsp3) is 0.0769. The molecule has 0 saturated heterocycles. The van der Waals surface area contributed by atoms with E-state index in [1.54, 1.807) is 19.1 Å². The van der Waals surface area contributed by atoms with Crippen molar-refractivity contribution in [2.45, 2.75) is 6.92 Å². The van der Waals surface area contributed by atoms with Gasteiger partial charge in [-0.2, -0.15) is 0 Å². The van der Waals surface area contributed by atoms with Crippen LogP contribution in [0.4, 0.5) is 0 Å². The van der Waals surface area contributed by atoms with Gasteiger partial charge in [0.05, 0.1) is 0 Å². The quantitative estimate of drug-likeness (QED) is 0.591. The third-order valence-corrected chi connectivity index (χ3v) is 2.84. The molecule has 2 aromatic carbocycles. The van der Waals surface area contributed by atoms with Gasteiger partial charge in [-0.15, -0.1) is 10.9 Å². The maximum atomic E-state index is 5.96. The molecule has 18 heavy (non-hydrogen) atoms. The lowest BCUT2D eigenvalue weighted by Gasteiger charge is -2.20. The topological polar surface area (TPSA) is 9.23 Å². The minimum Gasteiger partial charge on any atom is -0.459 e. The van der Waals surface area contributed by atoms with Gasteiger partial charge >= 0.3 is 0 Å². The number of benzene rings is 2. The van der Waals surface area contributed by atoms with E-state index < -0.39 is 0 Å². The highest BCUT2D eigenvalue weighted by atomic mass is 16.5. The van der Waals surface area contributed by atoms with Crippen LogP contribution in [0.25, 0.3) is 0 Å². The number of ether oxygens (including phenoxy) is 1. The first kappa shape index (κ1) is 12.9. The van der Waals surface area contributed by atoms with E-state index in [0.29, 0.717) is 33.5 Å². The molecule has 0 aromatic heterocycles. The minimum absolute atomic E-state index is 0.263. The van der Waals surface area contributed by atoms with Crippen molar-refractivity contribution in [2.75, 3.05) is 0 Å². The summed E-state index contributed by atoms with van der Waals surface area (Å²) in [6, 6.07) is 9.22. The molecular formula is C13H8B4O. The lowest BCUT2D eigenvalue weighted by Crippen LogP contribution is -2.45. The maximum absolute atomic E-state index is 5.96. The Morgan fingerprint density at radius 3 is 2.00 bits per heavy atom. The minimum atomic E-state index is 0.263. The lowest BCUT2D eigenvalue weighted by molar-refractivity contribution is 0.490. The normalized spacial score (nSPS) is 10.3. The van der Waals surface area contributed by atoms with Gasteiger partial charge in [-0.3, -0.25) is 0 Å². The van der Waals surface area contributed by atoms with E-state index in [1.165, 1.54) is 0 Å². The average Bonchev–Trinajstić information content (AvgIpc) is 2.40. The molecule has 0 amide bonds. The molecule has 0 aliphatic heterocycles. The van der Waals surface area contributed by atoms with E-state index in [0.717, 1.165) is 0 Å². The lowest BCUT2D eigenvalue weighted by atomic mass is 9.66. The second-order valence-electron chi connectivity index (χ2n) is 4.02. The summed E-state index contributed by atoms with van der Waals surface area (Å²) in [4.78, 5) is 0. The van der Waals surface area contributed by atoms with E-state index in [9.17, 15) is 0 Å². The second-order valence-corrected chi connectivity index (χ2v) is 4.02.